The van der Waals surface area contributed by atoms with E-state index in [0.717, 1.165) is 10.0 Å². The second-order valence-electron chi connectivity index (χ2n) is 5.87. The van der Waals surface area contributed by atoms with Gasteiger partial charge < -0.3 is 9.47 Å². The van der Waals surface area contributed by atoms with E-state index in [1.54, 1.807) is 18.2 Å². The van der Waals surface area contributed by atoms with E-state index in [1.165, 1.54) is 38.6 Å². The number of methoxy groups -OCH3 is 2. The summed E-state index contributed by atoms with van der Waals surface area (Å²) in [7, 11) is -1.21. The minimum Gasteiger partial charge on any atom is -0.497 e. The Balaban J connectivity index is 2.16. The Morgan fingerprint density at radius 3 is 2.59 bits per heavy atom. The third-order valence-corrected chi connectivity index (χ3v) is 5.91. The number of esters is 1. The third kappa shape index (κ3) is 3.66. The topological polar surface area (TPSA) is 74.6 Å². The lowest BCUT2D eigenvalue weighted by atomic mass is 10.1. The van der Waals surface area contributed by atoms with Gasteiger partial charge in [-0.05, 0) is 48.4 Å². The number of carbonyl (C=O) groups excluding carboxylic acids is 1. The van der Waals surface area contributed by atoms with Crippen LogP contribution in [0.3, 0.4) is 0 Å². The van der Waals surface area contributed by atoms with Crippen LogP contribution in [0.2, 0.25) is 0 Å². The number of halogens is 1. The smallest absolute Gasteiger partial charge is 0.305 e. The maximum atomic E-state index is 13.5. The summed E-state index contributed by atoms with van der Waals surface area (Å²) in [6, 6.07) is 9.80. The maximum absolute atomic E-state index is 13.5. The highest BCUT2D eigenvalue weighted by atomic mass is 32.2. The van der Waals surface area contributed by atoms with E-state index in [4.69, 9.17) is 4.74 Å². The van der Waals surface area contributed by atoms with Crippen LogP contribution in [0.5, 0.6) is 5.75 Å². The monoisotopic (exact) mass is 391 g/mol. The number of ether oxygens (including phenoxy) is 2. The lowest BCUT2D eigenvalue weighted by Crippen LogP contribution is -2.12. The van der Waals surface area contributed by atoms with Gasteiger partial charge in [0.05, 0.1) is 24.6 Å². The summed E-state index contributed by atoms with van der Waals surface area (Å²) in [6.07, 6.45) is 1.85. The number of carbonyl (C=O) groups is 1. The van der Waals surface area contributed by atoms with Crippen molar-refractivity contribution in [1.29, 1.82) is 0 Å². The van der Waals surface area contributed by atoms with Crippen LogP contribution >= 0.6 is 0 Å². The number of hydrogen-bond acceptors (Lipinski definition) is 5. The summed E-state index contributed by atoms with van der Waals surface area (Å²) in [5.41, 5.74) is 1.06. The molecule has 0 N–H and O–H groups in total. The van der Waals surface area contributed by atoms with E-state index in [9.17, 15) is 17.6 Å². The fourth-order valence-electron chi connectivity index (χ4n) is 2.85. The SMILES string of the molecule is COC(=O)CCc1cn(S(=O)(=O)c2cccc(F)c2)c2ccc(OC)cc12. The molecular formula is C19H18FNO5S. The van der Waals surface area contributed by atoms with Crippen molar-refractivity contribution >= 4 is 26.9 Å². The molecule has 1 heterocycles. The standard InChI is InChI=1S/C19H18FNO5S/c1-25-15-7-8-18-17(11-15)13(6-9-19(22)26-2)12-21(18)27(23,24)16-5-3-4-14(20)10-16/h3-5,7-8,10-12H,6,9H2,1-2H3. The van der Waals surface area contributed by atoms with Crippen molar-refractivity contribution in [3.8, 4) is 5.75 Å². The van der Waals surface area contributed by atoms with Gasteiger partial charge >= 0.3 is 5.97 Å². The largest absolute Gasteiger partial charge is 0.497 e. The van der Waals surface area contributed by atoms with Gasteiger partial charge in [-0.2, -0.15) is 0 Å². The normalized spacial score (nSPS) is 11.5. The van der Waals surface area contributed by atoms with Gasteiger partial charge in [0.1, 0.15) is 11.6 Å². The Kier molecular flexibility index (Phi) is 5.18. The number of hydrogen-bond donors (Lipinski definition) is 0. The molecule has 0 atom stereocenters. The minimum atomic E-state index is -4.01. The van der Waals surface area contributed by atoms with E-state index < -0.39 is 21.8 Å². The molecule has 27 heavy (non-hydrogen) atoms. The van der Waals surface area contributed by atoms with Gasteiger partial charge in [0.25, 0.3) is 10.0 Å². The van der Waals surface area contributed by atoms with E-state index in [1.807, 2.05) is 0 Å². The molecule has 2 aromatic carbocycles. The minimum absolute atomic E-state index is 0.104. The van der Waals surface area contributed by atoms with E-state index in [0.29, 0.717) is 28.6 Å². The molecule has 0 bridgehead atoms. The number of benzene rings is 2. The molecule has 0 aliphatic carbocycles. The summed E-state index contributed by atoms with van der Waals surface area (Å²) >= 11 is 0. The number of aromatic nitrogens is 1. The lowest BCUT2D eigenvalue weighted by molar-refractivity contribution is -0.140. The van der Waals surface area contributed by atoms with Crippen LogP contribution < -0.4 is 4.74 Å². The predicted octanol–water partition coefficient (Wildman–Crippen LogP) is 3.13. The molecule has 0 aliphatic heterocycles. The first-order valence-corrected chi connectivity index (χ1v) is 9.56. The maximum Gasteiger partial charge on any atom is 0.305 e. The van der Waals surface area contributed by atoms with Crippen LogP contribution in [0.4, 0.5) is 4.39 Å². The van der Waals surface area contributed by atoms with Gasteiger partial charge in [0, 0.05) is 18.0 Å². The van der Waals surface area contributed by atoms with Gasteiger partial charge in [-0.25, -0.2) is 16.8 Å². The van der Waals surface area contributed by atoms with Crippen LogP contribution in [-0.2, 0) is 26.0 Å². The second kappa shape index (κ2) is 7.40. The Bertz CT molecular complexity index is 1100. The summed E-state index contributed by atoms with van der Waals surface area (Å²) in [6.45, 7) is 0. The number of fused-ring (bicyclic) bond motifs is 1. The molecule has 8 heteroatoms. The first kappa shape index (κ1) is 18.9. The van der Waals surface area contributed by atoms with Crippen LogP contribution in [0.15, 0.2) is 53.6 Å². The first-order chi connectivity index (χ1) is 12.9. The molecular weight excluding hydrogens is 373 g/mol. The van der Waals surface area contributed by atoms with Crippen LogP contribution in [-0.4, -0.2) is 32.6 Å². The summed E-state index contributed by atoms with van der Waals surface area (Å²) in [5.74, 6) is -0.477. The van der Waals surface area contributed by atoms with Crippen molar-refractivity contribution in [2.24, 2.45) is 0 Å². The van der Waals surface area contributed by atoms with E-state index in [2.05, 4.69) is 4.74 Å². The Labute approximate surface area is 156 Å². The molecule has 0 saturated heterocycles. The van der Waals surface area contributed by atoms with Crippen molar-refractivity contribution in [2.45, 2.75) is 17.7 Å². The summed E-state index contributed by atoms with van der Waals surface area (Å²) in [5, 5.41) is 0.637. The summed E-state index contributed by atoms with van der Waals surface area (Å²) in [4.78, 5) is 11.3. The molecule has 3 aromatic rings. The van der Waals surface area contributed by atoms with Crippen molar-refractivity contribution in [2.75, 3.05) is 14.2 Å². The average Bonchev–Trinajstić information content (AvgIpc) is 3.04. The van der Waals surface area contributed by atoms with Crippen molar-refractivity contribution in [3.05, 3.63) is 60.0 Å². The summed E-state index contributed by atoms with van der Waals surface area (Å²) < 4.78 is 50.6. The zero-order chi connectivity index (χ0) is 19.6. The molecule has 0 aliphatic rings. The van der Waals surface area contributed by atoms with E-state index in [-0.39, 0.29) is 11.3 Å². The van der Waals surface area contributed by atoms with Crippen molar-refractivity contribution < 1.29 is 27.1 Å². The highest BCUT2D eigenvalue weighted by molar-refractivity contribution is 7.90. The van der Waals surface area contributed by atoms with Gasteiger partial charge in [-0.15, -0.1) is 0 Å². The molecule has 0 radical (unpaired) electrons. The molecule has 0 spiro atoms. The van der Waals surface area contributed by atoms with Crippen molar-refractivity contribution in [3.63, 3.8) is 0 Å². The molecule has 142 valence electrons. The number of nitrogens with zero attached hydrogens (tertiary/aromatic N) is 1. The molecule has 0 fully saturated rings. The molecule has 0 unspecified atom stereocenters. The molecule has 0 amide bonds. The van der Waals surface area contributed by atoms with Crippen LogP contribution in [0.25, 0.3) is 10.9 Å². The van der Waals surface area contributed by atoms with Crippen LogP contribution in [0, 0.1) is 5.82 Å². The molecule has 0 saturated carbocycles. The highest BCUT2D eigenvalue weighted by Crippen LogP contribution is 2.30. The Morgan fingerprint density at radius 2 is 1.93 bits per heavy atom. The Morgan fingerprint density at radius 1 is 1.15 bits per heavy atom. The first-order valence-electron chi connectivity index (χ1n) is 8.12. The van der Waals surface area contributed by atoms with Crippen LogP contribution in [0.1, 0.15) is 12.0 Å². The zero-order valence-electron chi connectivity index (χ0n) is 14.8. The van der Waals surface area contributed by atoms with Gasteiger partial charge in [-0.1, -0.05) is 6.07 Å². The fraction of sp³-hybridized carbons (Fsp3) is 0.211. The number of aryl methyl sites for hydroxylation is 1. The van der Waals surface area contributed by atoms with Gasteiger partial charge in [-0.3, -0.25) is 4.79 Å². The predicted molar refractivity (Wildman–Crippen MR) is 97.8 cm³/mol. The average molecular weight is 391 g/mol. The van der Waals surface area contributed by atoms with Crippen molar-refractivity contribution in [1.82, 2.24) is 3.97 Å². The van der Waals surface area contributed by atoms with Gasteiger partial charge in [0.15, 0.2) is 0 Å². The Hall–Kier alpha value is -2.87. The number of rotatable bonds is 6. The quantitative estimate of drug-likeness (QED) is 0.604. The molecule has 3 rings (SSSR count). The lowest BCUT2D eigenvalue weighted by Gasteiger charge is -2.08. The van der Waals surface area contributed by atoms with Gasteiger partial charge in [0.2, 0.25) is 0 Å². The molecule has 6 nitrogen and oxygen atoms in total. The second-order valence-corrected chi connectivity index (χ2v) is 7.69. The zero-order valence-corrected chi connectivity index (χ0v) is 15.6. The highest BCUT2D eigenvalue weighted by Gasteiger charge is 2.22. The van der Waals surface area contributed by atoms with E-state index >= 15 is 0 Å². The third-order valence-electron chi connectivity index (χ3n) is 4.24. The fourth-order valence-corrected chi connectivity index (χ4v) is 4.27. The molecule has 1 aromatic heterocycles.